The van der Waals surface area contributed by atoms with Crippen molar-refractivity contribution in [3.63, 3.8) is 0 Å². The van der Waals surface area contributed by atoms with Gasteiger partial charge in [-0.2, -0.15) is 0 Å². The Hall–Kier alpha value is -2.93. The van der Waals surface area contributed by atoms with Crippen LogP contribution in [0, 0.1) is 0 Å². The van der Waals surface area contributed by atoms with Crippen molar-refractivity contribution in [3.8, 4) is 5.75 Å². The number of nitrogens with zero attached hydrogens (tertiary/aromatic N) is 1. The molecule has 144 valence electrons. The highest BCUT2D eigenvalue weighted by Crippen LogP contribution is 2.38. The maximum atomic E-state index is 9.83. The Labute approximate surface area is 168 Å². The highest BCUT2D eigenvalue weighted by molar-refractivity contribution is 6.61. The molecule has 0 radical (unpaired) electrons. The molecule has 8 heteroatoms. The standard InChI is InChI=1S/C20H19BClNO5/c1-23-11-19(24)27-21(28-20(25)12-23)13-5-7-14(8-6-13)26-18-10-9-15-16(18)3-2-4-17(15)22/h2-8,11-12,18,24-25H,9-10H2,1H3/b19-11-,20-12?. The predicted molar refractivity (Wildman–Crippen MR) is 106 cm³/mol. The summed E-state index contributed by atoms with van der Waals surface area (Å²) in [7, 11) is 0.640. The van der Waals surface area contributed by atoms with E-state index < -0.39 is 7.12 Å². The molecule has 0 saturated heterocycles. The van der Waals surface area contributed by atoms with Crippen LogP contribution >= 0.6 is 11.6 Å². The lowest BCUT2D eigenvalue weighted by atomic mass is 9.79. The summed E-state index contributed by atoms with van der Waals surface area (Å²) in [6, 6.07) is 13.0. The molecule has 1 aliphatic heterocycles. The number of aliphatic hydroxyl groups is 2. The molecule has 1 unspecified atom stereocenters. The quantitative estimate of drug-likeness (QED) is 0.765. The van der Waals surface area contributed by atoms with Gasteiger partial charge in [-0.05, 0) is 42.2 Å². The minimum atomic E-state index is -0.985. The third kappa shape index (κ3) is 3.85. The first-order valence-electron chi connectivity index (χ1n) is 8.90. The van der Waals surface area contributed by atoms with Crippen LogP contribution in [0.3, 0.4) is 0 Å². The normalized spacial score (nSPS) is 20.7. The Morgan fingerprint density at radius 2 is 1.75 bits per heavy atom. The van der Waals surface area contributed by atoms with E-state index >= 15 is 0 Å². The van der Waals surface area contributed by atoms with Crippen molar-refractivity contribution in [2.75, 3.05) is 7.05 Å². The SMILES string of the molecule is CN1C=C(O)OB(c2ccc(OC3CCc4c(Cl)cccc43)cc2)O/C(O)=C\1. The van der Waals surface area contributed by atoms with Gasteiger partial charge in [0, 0.05) is 17.5 Å². The third-order valence-corrected chi connectivity index (χ3v) is 5.03. The number of hydrogen-bond donors (Lipinski definition) is 2. The molecule has 1 heterocycles. The van der Waals surface area contributed by atoms with Crippen LogP contribution < -0.4 is 10.2 Å². The maximum Gasteiger partial charge on any atom is 0.636 e. The van der Waals surface area contributed by atoms with Crippen molar-refractivity contribution >= 4 is 24.2 Å². The molecule has 28 heavy (non-hydrogen) atoms. The average Bonchev–Trinajstić information content (AvgIpc) is 3.05. The zero-order chi connectivity index (χ0) is 19.7. The lowest BCUT2D eigenvalue weighted by Crippen LogP contribution is -2.37. The number of benzene rings is 2. The summed E-state index contributed by atoms with van der Waals surface area (Å²) in [6.07, 6.45) is 4.38. The summed E-state index contributed by atoms with van der Waals surface area (Å²) < 4.78 is 16.8. The van der Waals surface area contributed by atoms with Gasteiger partial charge in [0.1, 0.15) is 11.9 Å². The number of ether oxygens (including phenoxy) is 1. The second-order valence-electron chi connectivity index (χ2n) is 6.69. The molecule has 0 saturated carbocycles. The van der Waals surface area contributed by atoms with Gasteiger partial charge in [0.2, 0.25) is 0 Å². The summed E-state index contributed by atoms with van der Waals surface area (Å²) in [6.45, 7) is 0. The first kappa shape index (κ1) is 18.4. The molecule has 4 rings (SSSR count). The highest BCUT2D eigenvalue weighted by Gasteiger charge is 2.30. The van der Waals surface area contributed by atoms with Gasteiger partial charge in [0.15, 0.2) is 0 Å². The van der Waals surface area contributed by atoms with Crippen LogP contribution in [0.25, 0.3) is 0 Å². The lowest BCUT2D eigenvalue weighted by Gasteiger charge is -2.20. The molecule has 2 aromatic carbocycles. The highest BCUT2D eigenvalue weighted by atomic mass is 35.5. The van der Waals surface area contributed by atoms with Crippen LogP contribution in [0.4, 0.5) is 0 Å². The molecule has 1 aliphatic carbocycles. The van der Waals surface area contributed by atoms with E-state index in [2.05, 4.69) is 0 Å². The van der Waals surface area contributed by atoms with Crippen LogP contribution in [0.15, 0.2) is 66.8 Å². The maximum absolute atomic E-state index is 9.83. The molecular formula is C20H19BClNO5. The monoisotopic (exact) mass is 399 g/mol. The minimum Gasteiger partial charge on any atom is -0.494 e. The molecule has 0 spiro atoms. The zero-order valence-corrected chi connectivity index (χ0v) is 16.0. The number of rotatable bonds is 3. The van der Waals surface area contributed by atoms with Crippen LogP contribution in [0.5, 0.6) is 5.75 Å². The van der Waals surface area contributed by atoms with E-state index in [1.165, 1.54) is 17.3 Å². The Morgan fingerprint density at radius 3 is 2.43 bits per heavy atom. The van der Waals surface area contributed by atoms with E-state index in [0.717, 1.165) is 29.0 Å². The summed E-state index contributed by atoms with van der Waals surface area (Å²) in [5.74, 6) is 0.0544. The smallest absolute Gasteiger partial charge is 0.494 e. The van der Waals surface area contributed by atoms with Crippen LogP contribution in [0.2, 0.25) is 5.02 Å². The van der Waals surface area contributed by atoms with Gasteiger partial charge in [0.05, 0.1) is 12.4 Å². The minimum absolute atomic E-state index is 0.0389. The lowest BCUT2D eigenvalue weighted by molar-refractivity contribution is 0.124. The summed E-state index contributed by atoms with van der Waals surface area (Å²) in [5, 5.41) is 20.4. The fourth-order valence-electron chi connectivity index (χ4n) is 3.39. The molecule has 0 fully saturated rings. The molecule has 2 N–H and O–H groups in total. The van der Waals surface area contributed by atoms with E-state index in [4.69, 9.17) is 25.6 Å². The van der Waals surface area contributed by atoms with Gasteiger partial charge in [-0.3, -0.25) is 0 Å². The van der Waals surface area contributed by atoms with Crippen molar-refractivity contribution in [2.45, 2.75) is 18.9 Å². The second-order valence-corrected chi connectivity index (χ2v) is 7.10. The fourth-order valence-corrected chi connectivity index (χ4v) is 3.66. The van der Waals surface area contributed by atoms with Gasteiger partial charge in [-0.15, -0.1) is 0 Å². The van der Waals surface area contributed by atoms with E-state index in [9.17, 15) is 10.2 Å². The molecular weight excluding hydrogens is 380 g/mol. The van der Waals surface area contributed by atoms with Gasteiger partial charge in [-0.1, -0.05) is 35.9 Å². The van der Waals surface area contributed by atoms with Gasteiger partial charge in [-0.25, -0.2) is 0 Å². The van der Waals surface area contributed by atoms with Crippen molar-refractivity contribution in [1.82, 2.24) is 4.90 Å². The van der Waals surface area contributed by atoms with E-state index in [-0.39, 0.29) is 18.0 Å². The molecule has 0 amide bonds. The van der Waals surface area contributed by atoms with E-state index in [1.54, 1.807) is 31.3 Å². The van der Waals surface area contributed by atoms with Crippen LogP contribution in [-0.2, 0) is 15.7 Å². The number of halogens is 1. The summed E-state index contributed by atoms with van der Waals surface area (Å²) in [5.41, 5.74) is 2.89. The first-order chi connectivity index (χ1) is 13.5. The summed E-state index contributed by atoms with van der Waals surface area (Å²) in [4.78, 5) is 1.42. The molecule has 0 aromatic heterocycles. The number of fused-ring (bicyclic) bond motifs is 1. The van der Waals surface area contributed by atoms with E-state index in [0.29, 0.717) is 11.2 Å². The number of aliphatic hydroxyl groups excluding tert-OH is 2. The Morgan fingerprint density at radius 1 is 1.07 bits per heavy atom. The van der Waals surface area contributed by atoms with Crippen molar-refractivity contribution in [3.05, 3.63) is 82.9 Å². The zero-order valence-electron chi connectivity index (χ0n) is 15.2. The average molecular weight is 400 g/mol. The Kier molecular flexibility index (Phi) is 5.00. The second kappa shape index (κ2) is 7.60. The predicted octanol–water partition coefficient (Wildman–Crippen LogP) is 3.79. The fraction of sp³-hybridized carbons (Fsp3) is 0.200. The van der Waals surface area contributed by atoms with Crippen molar-refractivity contribution in [2.24, 2.45) is 0 Å². The van der Waals surface area contributed by atoms with Crippen molar-refractivity contribution < 1.29 is 24.3 Å². The van der Waals surface area contributed by atoms with Crippen LogP contribution in [0.1, 0.15) is 23.7 Å². The largest absolute Gasteiger partial charge is 0.636 e. The molecule has 6 nitrogen and oxygen atoms in total. The molecule has 1 atom stereocenters. The Bertz CT molecular complexity index is 909. The molecule has 2 aliphatic rings. The topological polar surface area (TPSA) is 71.4 Å². The first-order valence-corrected chi connectivity index (χ1v) is 9.28. The van der Waals surface area contributed by atoms with Gasteiger partial charge >= 0.3 is 7.12 Å². The Balaban J connectivity index is 1.49. The van der Waals surface area contributed by atoms with Crippen LogP contribution in [-0.4, -0.2) is 29.3 Å². The van der Waals surface area contributed by atoms with Gasteiger partial charge < -0.3 is 29.2 Å². The van der Waals surface area contributed by atoms with Crippen molar-refractivity contribution in [1.29, 1.82) is 0 Å². The molecule has 2 aromatic rings. The van der Waals surface area contributed by atoms with Gasteiger partial charge in [0.25, 0.3) is 11.9 Å². The molecule has 0 bridgehead atoms. The van der Waals surface area contributed by atoms with E-state index in [1.807, 2.05) is 18.2 Å². The third-order valence-electron chi connectivity index (χ3n) is 4.67. The number of hydrogen-bond acceptors (Lipinski definition) is 6. The summed E-state index contributed by atoms with van der Waals surface area (Å²) >= 11 is 6.27.